The molecule has 1 unspecified atom stereocenters. The fourth-order valence-electron chi connectivity index (χ4n) is 2.83. The first-order valence-electron chi connectivity index (χ1n) is 7.55. The summed E-state index contributed by atoms with van der Waals surface area (Å²) >= 11 is 1.69. The molecule has 23 heavy (non-hydrogen) atoms. The third kappa shape index (κ3) is 3.95. The van der Waals surface area contributed by atoms with Crippen LogP contribution in [0.3, 0.4) is 0 Å². The Hall–Kier alpha value is -1.77. The van der Waals surface area contributed by atoms with Crippen LogP contribution < -0.4 is 5.32 Å². The molecule has 2 aromatic rings. The van der Waals surface area contributed by atoms with Crippen molar-refractivity contribution in [2.75, 3.05) is 26.8 Å². The van der Waals surface area contributed by atoms with Crippen LogP contribution in [0.4, 0.5) is 0 Å². The molecule has 0 aromatic carbocycles. The summed E-state index contributed by atoms with van der Waals surface area (Å²) in [7, 11) is 1.52. The molecule has 0 radical (unpaired) electrons. The maximum absolute atomic E-state index is 11.6. The van der Waals surface area contributed by atoms with Crippen LogP contribution in [0.25, 0.3) is 0 Å². The number of carbonyl (C=O) groups is 1. The van der Waals surface area contributed by atoms with Crippen LogP contribution in [0.15, 0.2) is 17.9 Å². The molecule has 8 heteroatoms. The molecule has 0 fully saturated rings. The third-order valence-electron chi connectivity index (χ3n) is 3.83. The average Bonchev–Trinajstić information content (AvgIpc) is 3.14. The van der Waals surface area contributed by atoms with Crippen molar-refractivity contribution in [1.29, 1.82) is 0 Å². The van der Waals surface area contributed by atoms with Crippen molar-refractivity contribution in [1.82, 2.24) is 24.8 Å². The number of ether oxygens (including phenoxy) is 1. The van der Waals surface area contributed by atoms with E-state index in [-0.39, 0.29) is 18.6 Å². The minimum absolute atomic E-state index is 0.0889. The van der Waals surface area contributed by atoms with Crippen LogP contribution in [0.1, 0.15) is 22.4 Å². The van der Waals surface area contributed by atoms with Crippen molar-refractivity contribution in [3.05, 3.63) is 34.3 Å². The summed E-state index contributed by atoms with van der Waals surface area (Å²) < 4.78 is 7.00. The topological polar surface area (TPSA) is 72.3 Å². The molecule has 124 valence electrons. The van der Waals surface area contributed by atoms with Crippen molar-refractivity contribution in [2.45, 2.75) is 26.1 Å². The van der Waals surface area contributed by atoms with E-state index in [1.807, 2.05) is 19.4 Å². The second-order valence-corrected chi connectivity index (χ2v) is 6.68. The third-order valence-corrected chi connectivity index (χ3v) is 4.78. The number of nitrogens with zero attached hydrogens (tertiary/aromatic N) is 4. The van der Waals surface area contributed by atoms with Crippen LogP contribution in [0.2, 0.25) is 0 Å². The number of hydrogen-bond acceptors (Lipinski definition) is 6. The number of amides is 1. The number of hydrogen-bond donors (Lipinski definition) is 1. The van der Waals surface area contributed by atoms with Crippen LogP contribution in [-0.4, -0.2) is 52.1 Å². The maximum atomic E-state index is 11.6. The summed E-state index contributed by atoms with van der Waals surface area (Å²) in [4.78, 5) is 22.8. The van der Waals surface area contributed by atoms with Crippen LogP contribution in [0, 0.1) is 6.92 Å². The summed E-state index contributed by atoms with van der Waals surface area (Å²) in [6.45, 7) is 5.20. The second kappa shape index (κ2) is 7.20. The summed E-state index contributed by atoms with van der Waals surface area (Å²) in [6.07, 6.45) is 3.73. The fraction of sp³-hybridized carbons (Fsp3) is 0.533. The Morgan fingerprint density at radius 3 is 3.17 bits per heavy atom. The number of fused-ring (bicyclic) bond motifs is 1. The predicted molar refractivity (Wildman–Crippen MR) is 87.1 cm³/mol. The smallest absolute Gasteiger partial charge is 0.246 e. The monoisotopic (exact) mass is 335 g/mol. The highest BCUT2D eigenvalue weighted by atomic mass is 32.1. The highest BCUT2D eigenvalue weighted by Gasteiger charge is 2.25. The SMILES string of the molecule is COCC(=O)NCC1CN(Cc2nc(C)cs2)Cc2cncn21. The molecule has 1 amide bonds. The predicted octanol–water partition coefficient (Wildman–Crippen LogP) is 0.968. The van der Waals surface area contributed by atoms with Gasteiger partial charge in [-0.15, -0.1) is 11.3 Å². The molecule has 0 aliphatic carbocycles. The molecule has 1 aliphatic rings. The van der Waals surface area contributed by atoms with E-state index in [0.717, 1.165) is 36.0 Å². The van der Waals surface area contributed by atoms with Crippen LogP contribution in [0.5, 0.6) is 0 Å². The zero-order chi connectivity index (χ0) is 16.2. The molecule has 7 nitrogen and oxygen atoms in total. The van der Waals surface area contributed by atoms with Crippen molar-refractivity contribution < 1.29 is 9.53 Å². The Morgan fingerprint density at radius 1 is 1.57 bits per heavy atom. The van der Waals surface area contributed by atoms with E-state index in [2.05, 4.69) is 30.1 Å². The molecule has 3 heterocycles. The van der Waals surface area contributed by atoms with E-state index in [9.17, 15) is 4.79 Å². The van der Waals surface area contributed by atoms with Gasteiger partial charge >= 0.3 is 0 Å². The molecule has 1 N–H and O–H groups in total. The molecular weight excluding hydrogens is 314 g/mol. The maximum Gasteiger partial charge on any atom is 0.246 e. The minimum Gasteiger partial charge on any atom is -0.375 e. The zero-order valence-corrected chi connectivity index (χ0v) is 14.2. The molecule has 1 atom stereocenters. The molecule has 0 bridgehead atoms. The van der Waals surface area contributed by atoms with Gasteiger partial charge < -0.3 is 14.6 Å². The van der Waals surface area contributed by atoms with E-state index < -0.39 is 0 Å². The zero-order valence-electron chi connectivity index (χ0n) is 13.4. The lowest BCUT2D eigenvalue weighted by Gasteiger charge is -2.34. The highest BCUT2D eigenvalue weighted by Crippen LogP contribution is 2.23. The van der Waals surface area contributed by atoms with E-state index in [1.165, 1.54) is 7.11 Å². The number of methoxy groups -OCH3 is 1. The van der Waals surface area contributed by atoms with Crippen molar-refractivity contribution >= 4 is 17.2 Å². The first-order chi connectivity index (χ1) is 11.2. The van der Waals surface area contributed by atoms with Gasteiger partial charge in [-0.25, -0.2) is 9.97 Å². The normalized spacial score (nSPS) is 17.9. The number of aryl methyl sites for hydroxylation is 1. The van der Waals surface area contributed by atoms with Crippen molar-refractivity contribution in [3.8, 4) is 0 Å². The van der Waals surface area contributed by atoms with Gasteiger partial charge in [-0.05, 0) is 6.92 Å². The summed E-state index contributed by atoms with van der Waals surface area (Å²) in [5.74, 6) is -0.0955. The molecule has 1 aliphatic heterocycles. The van der Waals surface area contributed by atoms with Crippen LogP contribution >= 0.6 is 11.3 Å². The fourth-order valence-corrected chi connectivity index (χ4v) is 3.64. The number of rotatable bonds is 6. The molecular formula is C15H21N5O2S. The van der Waals surface area contributed by atoms with Gasteiger partial charge in [-0.1, -0.05) is 0 Å². The number of aromatic nitrogens is 3. The Kier molecular flexibility index (Phi) is 5.04. The molecule has 2 aromatic heterocycles. The van der Waals surface area contributed by atoms with E-state index in [0.29, 0.717) is 6.54 Å². The van der Waals surface area contributed by atoms with Gasteiger partial charge in [0.25, 0.3) is 0 Å². The highest BCUT2D eigenvalue weighted by molar-refractivity contribution is 7.09. The number of carbonyl (C=O) groups excluding carboxylic acids is 1. The van der Waals surface area contributed by atoms with Crippen LogP contribution in [-0.2, 0) is 22.6 Å². The first-order valence-corrected chi connectivity index (χ1v) is 8.43. The summed E-state index contributed by atoms with van der Waals surface area (Å²) in [6, 6.07) is 0.170. The van der Waals surface area contributed by atoms with E-state index in [1.54, 1.807) is 11.3 Å². The Morgan fingerprint density at radius 2 is 2.43 bits per heavy atom. The lowest BCUT2D eigenvalue weighted by molar-refractivity contribution is -0.124. The minimum atomic E-state index is -0.0955. The summed E-state index contributed by atoms with van der Waals surface area (Å²) in [5.41, 5.74) is 2.23. The Balaban J connectivity index is 1.66. The van der Waals surface area contributed by atoms with E-state index >= 15 is 0 Å². The molecule has 0 saturated heterocycles. The van der Waals surface area contributed by atoms with Gasteiger partial charge in [-0.2, -0.15) is 0 Å². The van der Waals surface area contributed by atoms with Gasteiger partial charge in [-0.3, -0.25) is 9.69 Å². The van der Waals surface area contributed by atoms with Crippen molar-refractivity contribution in [2.24, 2.45) is 0 Å². The lowest BCUT2D eigenvalue weighted by atomic mass is 10.2. The quantitative estimate of drug-likeness (QED) is 0.851. The number of thiazole rings is 1. The average molecular weight is 335 g/mol. The molecule has 3 rings (SSSR count). The van der Waals surface area contributed by atoms with Gasteiger partial charge in [0, 0.05) is 44.0 Å². The van der Waals surface area contributed by atoms with Gasteiger partial charge in [0.2, 0.25) is 5.91 Å². The molecule has 0 spiro atoms. The lowest BCUT2D eigenvalue weighted by Crippen LogP contribution is -2.42. The van der Waals surface area contributed by atoms with Gasteiger partial charge in [0.05, 0.1) is 24.6 Å². The molecule has 0 saturated carbocycles. The van der Waals surface area contributed by atoms with Gasteiger partial charge in [0.1, 0.15) is 11.6 Å². The van der Waals surface area contributed by atoms with Gasteiger partial charge in [0.15, 0.2) is 0 Å². The largest absolute Gasteiger partial charge is 0.375 e. The Labute approximate surface area is 139 Å². The van der Waals surface area contributed by atoms with E-state index in [4.69, 9.17) is 4.74 Å². The standard InChI is InChI=1S/C15H21N5O2S/c1-11-9-23-15(18-11)7-19-5-12-3-16-10-20(12)13(6-19)4-17-14(21)8-22-2/h3,9-10,13H,4-8H2,1-2H3,(H,17,21). The summed E-state index contributed by atoms with van der Waals surface area (Å²) in [5, 5.41) is 6.12. The first kappa shape index (κ1) is 16.1. The Bertz CT molecular complexity index is 668. The number of imidazole rings is 1. The van der Waals surface area contributed by atoms with Crippen molar-refractivity contribution in [3.63, 3.8) is 0 Å². The second-order valence-electron chi connectivity index (χ2n) is 5.74. The number of nitrogens with one attached hydrogen (secondary N) is 1.